The maximum absolute atomic E-state index is 10.9. The maximum atomic E-state index is 10.9. The standard InChI is InChI=1S/C11H23NO4S/c1-3-4-5-6-7-8-9-10(11(13)14)12-17(2,15)16/h10,12H,3-9H2,1-2H3,(H,13,14). The van der Waals surface area contributed by atoms with Gasteiger partial charge in [0.05, 0.1) is 6.26 Å². The first-order valence-corrected chi connectivity index (χ1v) is 7.96. The highest BCUT2D eigenvalue weighted by Crippen LogP contribution is 2.09. The number of carboxylic acids is 1. The molecule has 0 aliphatic rings. The monoisotopic (exact) mass is 265 g/mol. The van der Waals surface area contributed by atoms with Crippen LogP contribution in [0.15, 0.2) is 0 Å². The summed E-state index contributed by atoms with van der Waals surface area (Å²) in [5.41, 5.74) is 0. The van der Waals surface area contributed by atoms with Crippen LogP contribution in [0.2, 0.25) is 0 Å². The van der Waals surface area contributed by atoms with Crippen LogP contribution in [0.25, 0.3) is 0 Å². The molecule has 0 spiro atoms. The molecular formula is C11H23NO4S. The zero-order valence-electron chi connectivity index (χ0n) is 10.6. The molecule has 1 atom stereocenters. The van der Waals surface area contributed by atoms with E-state index < -0.39 is 22.0 Å². The predicted molar refractivity (Wildman–Crippen MR) is 67.4 cm³/mol. The van der Waals surface area contributed by atoms with E-state index >= 15 is 0 Å². The van der Waals surface area contributed by atoms with Crippen molar-refractivity contribution in [3.63, 3.8) is 0 Å². The highest BCUT2D eigenvalue weighted by atomic mass is 32.2. The van der Waals surface area contributed by atoms with E-state index in [1.807, 2.05) is 0 Å². The van der Waals surface area contributed by atoms with Gasteiger partial charge in [0.25, 0.3) is 0 Å². The molecule has 1 unspecified atom stereocenters. The van der Waals surface area contributed by atoms with Gasteiger partial charge in [0.1, 0.15) is 6.04 Å². The molecule has 0 saturated heterocycles. The lowest BCUT2D eigenvalue weighted by molar-refractivity contribution is -0.139. The average molecular weight is 265 g/mol. The van der Waals surface area contributed by atoms with Crippen LogP contribution in [0.1, 0.15) is 51.9 Å². The number of rotatable bonds is 10. The molecule has 0 aromatic heterocycles. The number of aliphatic carboxylic acids is 1. The Bertz CT molecular complexity index is 313. The van der Waals surface area contributed by atoms with Crippen molar-refractivity contribution in [2.45, 2.75) is 57.9 Å². The summed E-state index contributed by atoms with van der Waals surface area (Å²) in [5, 5.41) is 8.85. The first-order chi connectivity index (χ1) is 7.87. The van der Waals surface area contributed by atoms with E-state index in [1.54, 1.807) is 0 Å². The van der Waals surface area contributed by atoms with E-state index in [4.69, 9.17) is 5.11 Å². The Morgan fingerprint density at radius 3 is 2.18 bits per heavy atom. The summed E-state index contributed by atoms with van der Waals surface area (Å²) in [4.78, 5) is 10.8. The molecule has 0 bridgehead atoms. The summed E-state index contributed by atoms with van der Waals surface area (Å²) < 4.78 is 24.0. The number of hydrogen-bond acceptors (Lipinski definition) is 3. The lowest BCUT2D eigenvalue weighted by Crippen LogP contribution is -2.40. The molecular weight excluding hydrogens is 242 g/mol. The van der Waals surface area contributed by atoms with Crippen molar-refractivity contribution in [1.29, 1.82) is 0 Å². The van der Waals surface area contributed by atoms with Gasteiger partial charge >= 0.3 is 5.97 Å². The SMILES string of the molecule is CCCCCCCCC(NS(C)(=O)=O)C(=O)O. The minimum atomic E-state index is -3.45. The molecule has 0 amide bonds. The van der Waals surface area contributed by atoms with Gasteiger partial charge in [0.15, 0.2) is 0 Å². The number of hydrogen-bond donors (Lipinski definition) is 2. The van der Waals surface area contributed by atoms with Gasteiger partial charge in [-0.2, -0.15) is 0 Å². The first-order valence-electron chi connectivity index (χ1n) is 6.07. The summed E-state index contributed by atoms with van der Waals surface area (Å²) >= 11 is 0. The van der Waals surface area contributed by atoms with Crippen LogP contribution in [-0.2, 0) is 14.8 Å². The summed E-state index contributed by atoms with van der Waals surface area (Å²) in [6.45, 7) is 2.14. The van der Waals surface area contributed by atoms with Gasteiger partial charge in [-0.05, 0) is 6.42 Å². The molecule has 0 aliphatic heterocycles. The Kier molecular flexibility index (Phi) is 8.16. The summed E-state index contributed by atoms with van der Waals surface area (Å²) in [7, 11) is -3.45. The van der Waals surface area contributed by atoms with Crippen molar-refractivity contribution in [2.75, 3.05) is 6.26 Å². The van der Waals surface area contributed by atoms with Crippen LogP contribution in [-0.4, -0.2) is 31.8 Å². The molecule has 0 heterocycles. The second kappa shape index (κ2) is 8.47. The third-order valence-corrected chi connectivity index (χ3v) is 3.21. The lowest BCUT2D eigenvalue weighted by Gasteiger charge is -2.12. The number of carboxylic acid groups (broad SMARTS) is 1. The Labute approximate surface area is 104 Å². The average Bonchev–Trinajstić information content (AvgIpc) is 2.19. The molecule has 17 heavy (non-hydrogen) atoms. The van der Waals surface area contributed by atoms with Crippen LogP contribution in [0.5, 0.6) is 0 Å². The fourth-order valence-corrected chi connectivity index (χ4v) is 2.36. The van der Waals surface area contributed by atoms with Gasteiger partial charge < -0.3 is 5.11 Å². The number of unbranched alkanes of at least 4 members (excludes halogenated alkanes) is 5. The molecule has 0 fully saturated rings. The fourth-order valence-electron chi connectivity index (χ4n) is 1.62. The van der Waals surface area contributed by atoms with Gasteiger partial charge in [-0.25, -0.2) is 13.1 Å². The van der Waals surface area contributed by atoms with Crippen LogP contribution in [0, 0.1) is 0 Å². The maximum Gasteiger partial charge on any atom is 0.321 e. The molecule has 0 aromatic rings. The smallest absolute Gasteiger partial charge is 0.321 e. The Morgan fingerprint density at radius 1 is 1.18 bits per heavy atom. The third-order valence-electron chi connectivity index (χ3n) is 2.50. The van der Waals surface area contributed by atoms with Crippen molar-refractivity contribution >= 4 is 16.0 Å². The lowest BCUT2D eigenvalue weighted by atomic mass is 10.1. The Hall–Kier alpha value is -0.620. The minimum Gasteiger partial charge on any atom is -0.480 e. The van der Waals surface area contributed by atoms with Crippen molar-refractivity contribution in [3.8, 4) is 0 Å². The molecule has 102 valence electrons. The summed E-state index contributed by atoms with van der Waals surface area (Å²) in [5.74, 6) is -1.11. The Balaban J connectivity index is 3.83. The van der Waals surface area contributed by atoms with E-state index in [1.165, 1.54) is 12.8 Å². The topological polar surface area (TPSA) is 83.5 Å². The van der Waals surface area contributed by atoms with Gasteiger partial charge in [0, 0.05) is 0 Å². The van der Waals surface area contributed by atoms with Crippen molar-refractivity contribution in [2.24, 2.45) is 0 Å². The van der Waals surface area contributed by atoms with E-state index in [9.17, 15) is 13.2 Å². The zero-order chi connectivity index (χ0) is 13.3. The largest absolute Gasteiger partial charge is 0.480 e. The first kappa shape index (κ1) is 16.4. The number of carbonyl (C=O) groups is 1. The van der Waals surface area contributed by atoms with Gasteiger partial charge in [-0.3, -0.25) is 4.79 Å². The van der Waals surface area contributed by atoms with Gasteiger partial charge in [-0.15, -0.1) is 0 Å². The third kappa shape index (κ3) is 10.3. The Morgan fingerprint density at radius 2 is 1.71 bits per heavy atom. The predicted octanol–water partition coefficient (Wildman–Crippen LogP) is 1.74. The normalized spacial score (nSPS) is 13.5. The van der Waals surface area contributed by atoms with E-state index in [0.717, 1.165) is 31.9 Å². The van der Waals surface area contributed by atoms with Crippen molar-refractivity contribution < 1.29 is 18.3 Å². The van der Waals surface area contributed by atoms with Gasteiger partial charge in [0.2, 0.25) is 10.0 Å². The summed E-state index contributed by atoms with van der Waals surface area (Å²) in [6.07, 6.45) is 7.64. The van der Waals surface area contributed by atoms with E-state index in [-0.39, 0.29) is 0 Å². The minimum absolute atomic E-state index is 0.356. The quantitative estimate of drug-likeness (QED) is 0.589. The van der Waals surface area contributed by atoms with E-state index in [0.29, 0.717) is 6.42 Å². The van der Waals surface area contributed by atoms with Crippen LogP contribution < -0.4 is 4.72 Å². The van der Waals surface area contributed by atoms with Crippen molar-refractivity contribution in [1.82, 2.24) is 4.72 Å². The molecule has 0 aromatic carbocycles. The second-order valence-electron chi connectivity index (χ2n) is 4.34. The molecule has 2 N–H and O–H groups in total. The summed E-state index contributed by atoms with van der Waals surface area (Å²) in [6, 6.07) is -0.990. The molecule has 0 aliphatic carbocycles. The van der Waals surface area contributed by atoms with Gasteiger partial charge in [-0.1, -0.05) is 45.4 Å². The number of nitrogens with one attached hydrogen (secondary N) is 1. The molecule has 0 saturated carbocycles. The number of sulfonamides is 1. The van der Waals surface area contributed by atoms with Crippen molar-refractivity contribution in [3.05, 3.63) is 0 Å². The molecule has 6 heteroatoms. The second-order valence-corrected chi connectivity index (χ2v) is 6.12. The molecule has 0 radical (unpaired) electrons. The fraction of sp³-hybridized carbons (Fsp3) is 0.909. The van der Waals surface area contributed by atoms with Crippen LogP contribution in [0.4, 0.5) is 0 Å². The highest BCUT2D eigenvalue weighted by molar-refractivity contribution is 7.88. The van der Waals surface area contributed by atoms with Crippen LogP contribution in [0.3, 0.4) is 0 Å². The molecule has 0 rings (SSSR count). The molecule has 5 nitrogen and oxygen atoms in total. The van der Waals surface area contributed by atoms with Crippen LogP contribution >= 0.6 is 0 Å². The zero-order valence-corrected chi connectivity index (χ0v) is 11.4. The highest BCUT2D eigenvalue weighted by Gasteiger charge is 2.20. The van der Waals surface area contributed by atoms with E-state index in [2.05, 4.69) is 11.6 Å².